The standard InChI is InChI=1S/C20H27NO6/c1-25-15-10-12-8-9-21-17(22)18(23)27-19(24)20(21,13-6-4-3-5-7-13)14(12)11-16(15)26-2/h10-11,13,18-19,23-24H,3-9H2,1-2H3/t18?,19?,20-/m1/s1. The summed E-state index contributed by atoms with van der Waals surface area (Å²) in [6.07, 6.45) is 2.73. The number of carbonyl (C=O) groups excluding carboxylic acids is 1. The first kappa shape index (κ1) is 18.5. The van der Waals surface area contributed by atoms with E-state index < -0.39 is 24.0 Å². The smallest absolute Gasteiger partial charge is 0.280 e. The largest absolute Gasteiger partial charge is 0.493 e. The summed E-state index contributed by atoms with van der Waals surface area (Å²) in [5.41, 5.74) is 0.844. The number of aliphatic hydroxyl groups is 2. The van der Waals surface area contributed by atoms with Crippen molar-refractivity contribution in [2.45, 2.75) is 56.6 Å². The third kappa shape index (κ3) is 2.63. The second-order valence-electron chi connectivity index (χ2n) is 7.61. The van der Waals surface area contributed by atoms with Crippen LogP contribution in [0.1, 0.15) is 43.2 Å². The number of carbonyl (C=O) groups is 1. The molecule has 2 unspecified atom stereocenters. The molecule has 27 heavy (non-hydrogen) atoms. The van der Waals surface area contributed by atoms with Crippen LogP contribution >= 0.6 is 0 Å². The van der Waals surface area contributed by atoms with Crippen molar-refractivity contribution in [3.63, 3.8) is 0 Å². The maximum Gasteiger partial charge on any atom is 0.280 e. The highest BCUT2D eigenvalue weighted by atomic mass is 16.7. The average Bonchev–Trinajstić information content (AvgIpc) is 2.70. The summed E-state index contributed by atoms with van der Waals surface area (Å²) in [4.78, 5) is 14.5. The van der Waals surface area contributed by atoms with Gasteiger partial charge < -0.3 is 29.3 Å². The first-order chi connectivity index (χ1) is 13.0. The van der Waals surface area contributed by atoms with Gasteiger partial charge in [0.15, 0.2) is 17.8 Å². The minimum Gasteiger partial charge on any atom is -0.493 e. The molecule has 148 valence electrons. The van der Waals surface area contributed by atoms with Crippen molar-refractivity contribution < 1.29 is 29.2 Å². The van der Waals surface area contributed by atoms with E-state index in [4.69, 9.17) is 14.2 Å². The van der Waals surface area contributed by atoms with Gasteiger partial charge in [-0.05, 0) is 48.4 Å². The van der Waals surface area contributed by atoms with Crippen LogP contribution in [0.2, 0.25) is 0 Å². The van der Waals surface area contributed by atoms with Crippen LogP contribution in [0, 0.1) is 5.92 Å². The van der Waals surface area contributed by atoms with E-state index in [0.29, 0.717) is 24.5 Å². The van der Waals surface area contributed by atoms with Crippen LogP contribution in [-0.4, -0.2) is 54.4 Å². The molecule has 3 aliphatic rings. The van der Waals surface area contributed by atoms with Crippen molar-refractivity contribution in [3.05, 3.63) is 23.3 Å². The number of hydrogen-bond acceptors (Lipinski definition) is 6. The molecule has 1 aromatic carbocycles. The van der Waals surface area contributed by atoms with Crippen LogP contribution in [0.3, 0.4) is 0 Å². The van der Waals surface area contributed by atoms with Crippen LogP contribution in [0.4, 0.5) is 0 Å². The van der Waals surface area contributed by atoms with Gasteiger partial charge in [0, 0.05) is 6.54 Å². The maximum absolute atomic E-state index is 12.8. The molecule has 1 saturated carbocycles. The van der Waals surface area contributed by atoms with Crippen molar-refractivity contribution in [3.8, 4) is 11.5 Å². The number of aliphatic hydroxyl groups excluding tert-OH is 2. The quantitative estimate of drug-likeness (QED) is 0.831. The van der Waals surface area contributed by atoms with Crippen LogP contribution in [0.5, 0.6) is 11.5 Å². The summed E-state index contributed by atoms with van der Waals surface area (Å²) in [6.45, 7) is 0.426. The number of amides is 1. The summed E-state index contributed by atoms with van der Waals surface area (Å²) in [7, 11) is 3.16. The van der Waals surface area contributed by atoms with Crippen molar-refractivity contribution in [2.75, 3.05) is 20.8 Å². The fraction of sp³-hybridized carbons (Fsp3) is 0.650. The molecule has 1 aromatic rings. The minimum atomic E-state index is -1.63. The second-order valence-corrected chi connectivity index (χ2v) is 7.61. The Hall–Kier alpha value is -1.83. The van der Waals surface area contributed by atoms with Crippen molar-refractivity contribution in [1.82, 2.24) is 4.90 Å². The molecule has 2 fully saturated rings. The first-order valence-corrected chi connectivity index (χ1v) is 9.62. The molecule has 7 heteroatoms. The lowest BCUT2D eigenvalue weighted by atomic mass is 9.65. The summed E-state index contributed by atoms with van der Waals surface area (Å²) >= 11 is 0. The molecule has 0 spiro atoms. The molecular weight excluding hydrogens is 350 g/mol. The second kappa shape index (κ2) is 6.96. The summed E-state index contributed by atoms with van der Waals surface area (Å²) in [5, 5.41) is 21.1. The average molecular weight is 377 g/mol. The van der Waals surface area contributed by atoms with Gasteiger partial charge in [-0.2, -0.15) is 0 Å². The van der Waals surface area contributed by atoms with Crippen LogP contribution in [0.15, 0.2) is 12.1 Å². The van der Waals surface area contributed by atoms with Gasteiger partial charge in [-0.15, -0.1) is 0 Å². The molecule has 4 rings (SSSR count). The predicted octanol–water partition coefficient (Wildman–Crippen LogP) is 1.53. The molecule has 7 nitrogen and oxygen atoms in total. The van der Waals surface area contributed by atoms with Crippen LogP contribution in [-0.2, 0) is 21.5 Å². The lowest BCUT2D eigenvalue weighted by Gasteiger charge is -2.57. The molecule has 1 aliphatic carbocycles. The van der Waals surface area contributed by atoms with E-state index in [0.717, 1.165) is 43.2 Å². The molecule has 0 aromatic heterocycles. The van der Waals surface area contributed by atoms with E-state index in [-0.39, 0.29) is 5.92 Å². The molecule has 1 saturated heterocycles. The Balaban J connectivity index is 1.93. The van der Waals surface area contributed by atoms with Gasteiger partial charge in [0.05, 0.1) is 14.2 Å². The van der Waals surface area contributed by atoms with Gasteiger partial charge in [0.1, 0.15) is 5.54 Å². The van der Waals surface area contributed by atoms with Gasteiger partial charge in [-0.25, -0.2) is 0 Å². The Labute approximate surface area is 158 Å². The number of fused-ring (bicyclic) bond motifs is 3. The van der Waals surface area contributed by atoms with Crippen molar-refractivity contribution in [1.29, 1.82) is 0 Å². The molecule has 1 amide bonds. The maximum atomic E-state index is 12.8. The number of benzene rings is 1. The normalized spacial score (nSPS) is 31.3. The number of rotatable bonds is 3. The Morgan fingerprint density at radius 3 is 2.44 bits per heavy atom. The molecular formula is C20H27NO6. The van der Waals surface area contributed by atoms with Gasteiger partial charge in [-0.3, -0.25) is 4.79 Å². The van der Waals surface area contributed by atoms with Gasteiger partial charge in [-0.1, -0.05) is 19.3 Å². The number of hydrogen-bond donors (Lipinski definition) is 2. The molecule has 2 N–H and O–H groups in total. The van der Waals surface area contributed by atoms with E-state index in [2.05, 4.69) is 0 Å². The Morgan fingerprint density at radius 2 is 1.78 bits per heavy atom. The fourth-order valence-electron chi connectivity index (χ4n) is 5.22. The highest BCUT2D eigenvalue weighted by Gasteiger charge is 2.60. The summed E-state index contributed by atoms with van der Waals surface area (Å²) in [5.74, 6) is 0.751. The molecule has 2 aliphatic heterocycles. The van der Waals surface area contributed by atoms with E-state index >= 15 is 0 Å². The number of nitrogens with zero attached hydrogens (tertiary/aromatic N) is 1. The van der Waals surface area contributed by atoms with E-state index in [1.165, 1.54) is 0 Å². The molecule has 0 radical (unpaired) electrons. The highest BCUT2D eigenvalue weighted by Crippen LogP contribution is 2.53. The number of ether oxygens (including phenoxy) is 3. The Bertz CT molecular complexity index is 731. The van der Waals surface area contributed by atoms with E-state index in [9.17, 15) is 15.0 Å². The fourth-order valence-corrected chi connectivity index (χ4v) is 5.22. The zero-order chi connectivity index (χ0) is 19.2. The Morgan fingerprint density at radius 1 is 1.11 bits per heavy atom. The third-order valence-electron chi connectivity index (χ3n) is 6.43. The lowest BCUT2D eigenvalue weighted by Crippen LogP contribution is -2.70. The summed E-state index contributed by atoms with van der Waals surface area (Å²) in [6, 6.07) is 3.80. The minimum absolute atomic E-state index is 0.0508. The lowest BCUT2D eigenvalue weighted by molar-refractivity contribution is -0.300. The number of methoxy groups -OCH3 is 2. The first-order valence-electron chi connectivity index (χ1n) is 9.62. The Kier molecular flexibility index (Phi) is 4.78. The molecule has 0 bridgehead atoms. The van der Waals surface area contributed by atoms with Gasteiger partial charge >= 0.3 is 0 Å². The summed E-state index contributed by atoms with van der Waals surface area (Å²) < 4.78 is 16.3. The molecule has 2 heterocycles. The van der Waals surface area contributed by atoms with Crippen molar-refractivity contribution in [2.24, 2.45) is 5.92 Å². The predicted molar refractivity (Wildman–Crippen MR) is 96.3 cm³/mol. The van der Waals surface area contributed by atoms with Crippen LogP contribution < -0.4 is 9.47 Å². The van der Waals surface area contributed by atoms with E-state index in [1.54, 1.807) is 19.1 Å². The molecule has 3 atom stereocenters. The third-order valence-corrected chi connectivity index (χ3v) is 6.43. The number of morpholine rings is 1. The van der Waals surface area contributed by atoms with E-state index in [1.807, 2.05) is 12.1 Å². The zero-order valence-corrected chi connectivity index (χ0v) is 15.8. The van der Waals surface area contributed by atoms with Gasteiger partial charge in [0.25, 0.3) is 5.91 Å². The highest BCUT2D eigenvalue weighted by molar-refractivity contribution is 5.82. The monoisotopic (exact) mass is 377 g/mol. The van der Waals surface area contributed by atoms with Gasteiger partial charge in [0.2, 0.25) is 6.29 Å². The SMILES string of the molecule is COc1cc2c(cc1OC)[C@]1(C3CCCCC3)C(O)OC(O)C(=O)N1CC2. The zero-order valence-electron chi connectivity index (χ0n) is 15.8. The topological polar surface area (TPSA) is 88.5 Å². The van der Waals surface area contributed by atoms with Crippen LogP contribution in [0.25, 0.3) is 0 Å². The van der Waals surface area contributed by atoms with Crippen molar-refractivity contribution >= 4 is 5.91 Å².